The Balaban J connectivity index is 1.45. The fraction of sp³-hybridized carbons (Fsp3) is 0.556. The predicted octanol–water partition coefficient (Wildman–Crippen LogP) is 3.19. The maximum absolute atomic E-state index is 13.7. The van der Waals surface area contributed by atoms with Gasteiger partial charge in [-0.05, 0) is 43.7 Å². The molecule has 1 aliphatic heterocycles. The van der Waals surface area contributed by atoms with Crippen molar-refractivity contribution in [3.05, 3.63) is 35.5 Å². The number of aryl methyl sites for hydroxylation is 1. The van der Waals surface area contributed by atoms with Crippen LogP contribution in [0, 0.1) is 18.7 Å². The minimum absolute atomic E-state index is 0.250. The van der Waals surface area contributed by atoms with Gasteiger partial charge in [-0.3, -0.25) is 4.90 Å². The zero-order chi connectivity index (χ0) is 16.5. The summed E-state index contributed by atoms with van der Waals surface area (Å²) >= 11 is 0. The van der Waals surface area contributed by atoms with Gasteiger partial charge in [0, 0.05) is 24.8 Å². The fourth-order valence-corrected chi connectivity index (χ4v) is 3.18. The summed E-state index contributed by atoms with van der Waals surface area (Å²) in [5, 5.41) is 4.02. The number of ether oxygens (including phenoxy) is 1. The van der Waals surface area contributed by atoms with Crippen LogP contribution in [0.3, 0.4) is 0 Å². The number of benzene rings is 1. The Bertz CT molecular complexity index is 708. The maximum Gasteiger partial charge on any atom is 0.241 e. The van der Waals surface area contributed by atoms with Crippen LogP contribution in [0.2, 0.25) is 0 Å². The molecule has 5 nitrogen and oxygen atoms in total. The molecule has 24 heavy (non-hydrogen) atoms. The summed E-state index contributed by atoms with van der Waals surface area (Å²) in [6.45, 7) is 5.12. The van der Waals surface area contributed by atoms with Crippen molar-refractivity contribution in [2.24, 2.45) is 5.92 Å². The molecule has 1 aromatic carbocycles. The second kappa shape index (κ2) is 6.61. The highest BCUT2D eigenvalue weighted by molar-refractivity contribution is 5.54. The quantitative estimate of drug-likeness (QED) is 0.814. The van der Waals surface area contributed by atoms with Crippen molar-refractivity contribution in [3.8, 4) is 11.4 Å². The highest BCUT2D eigenvalue weighted by Gasteiger charge is 2.32. The third kappa shape index (κ3) is 3.49. The predicted molar refractivity (Wildman–Crippen MR) is 86.8 cm³/mol. The molecule has 128 valence electrons. The van der Waals surface area contributed by atoms with E-state index in [0.717, 1.165) is 26.2 Å². The van der Waals surface area contributed by atoms with E-state index in [-0.39, 0.29) is 5.82 Å². The van der Waals surface area contributed by atoms with Gasteiger partial charge < -0.3 is 9.26 Å². The van der Waals surface area contributed by atoms with Crippen molar-refractivity contribution in [2.75, 3.05) is 19.8 Å². The summed E-state index contributed by atoms with van der Waals surface area (Å²) < 4.78 is 24.6. The lowest BCUT2D eigenvalue weighted by Crippen LogP contribution is -2.31. The fourth-order valence-electron chi connectivity index (χ4n) is 3.18. The minimum atomic E-state index is -0.250. The molecule has 1 unspecified atom stereocenters. The van der Waals surface area contributed by atoms with E-state index in [4.69, 9.17) is 9.26 Å². The Hall–Kier alpha value is -1.79. The summed E-state index contributed by atoms with van der Waals surface area (Å²) in [5.41, 5.74) is 1.26. The SMILES string of the molecule is Cc1ccc(-c2noc(CN(CC3CCOC3)C3CC3)n2)cc1F. The van der Waals surface area contributed by atoms with Crippen LogP contribution in [0.25, 0.3) is 11.4 Å². The van der Waals surface area contributed by atoms with Crippen LogP contribution in [0.4, 0.5) is 4.39 Å². The molecular weight excluding hydrogens is 309 g/mol. The van der Waals surface area contributed by atoms with E-state index in [1.807, 2.05) is 6.07 Å². The standard InChI is InChI=1S/C18H22FN3O2/c1-12-2-3-14(8-16(12)19)18-20-17(24-21-18)10-22(15-4-5-15)9-13-6-7-23-11-13/h2-3,8,13,15H,4-7,9-11H2,1H3. The van der Waals surface area contributed by atoms with E-state index in [1.54, 1.807) is 13.0 Å². The van der Waals surface area contributed by atoms with E-state index >= 15 is 0 Å². The zero-order valence-electron chi connectivity index (χ0n) is 13.9. The lowest BCUT2D eigenvalue weighted by atomic mass is 10.1. The second-order valence-corrected chi connectivity index (χ2v) is 6.87. The molecule has 4 rings (SSSR count). The van der Waals surface area contributed by atoms with Gasteiger partial charge in [0.1, 0.15) is 5.82 Å². The molecule has 1 aromatic heterocycles. The topological polar surface area (TPSA) is 51.4 Å². The number of hydrogen-bond donors (Lipinski definition) is 0. The summed E-state index contributed by atoms with van der Waals surface area (Å²) in [6, 6.07) is 5.63. The lowest BCUT2D eigenvalue weighted by Gasteiger charge is -2.22. The Morgan fingerprint density at radius 1 is 1.29 bits per heavy atom. The van der Waals surface area contributed by atoms with E-state index in [2.05, 4.69) is 15.0 Å². The van der Waals surface area contributed by atoms with Gasteiger partial charge in [-0.15, -0.1) is 0 Å². The molecule has 2 aliphatic rings. The Morgan fingerprint density at radius 2 is 2.17 bits per heavy atom. The van der Waals surface area contributed by atoms with Crippen molar-refractivity contribution < 1.29 is 13.7 Å². The highest BCUT2D eigenvalue weighted by atomic mass is 19.1. The van der Waals surface area contributed by atoms with Crippen LogP contribution in [0.15, 0.2) is 22.7 Å². The smallest absolute Gasteiger partial charge is 0.241 e. The van der Waals surface area contributed by atoms with Crippen molar-refractivity contribution >= 4 is 0 Å². The molecule has 0 N–H and O–H groups in total. The number of rotatable bonds is 6. The molecule has 0 radical (unpaired) electrons. The number of hydrogen-bond acceptors (Lipinski definition) is 5. The van der Waals surface area contributed by atoms with E-state index in [9.17, 15) is 4.39 Å². The zero-order valence-corrected chi connectivity index (χ0v) is 13.9. The van der Waals surface area contributed by atoms with E-state index in [0.29, 0.717) is 41.3 Å². The average molecular weight is 331 g/mol. The molecule has 0 spiro atoms. The van der Waals surface area contributed by atoms with Gasteiger partial charge in [-0.1, -0.05) is 17.3 Å². The minimum Gasteiger partial charge on any atom is -0.381 e. The Labute approximate surface area is 140 Å². The normalized spacial score (nSPS) is 20.9. The highest BCUT2D eigenvalue weighted by Crippen LogP contribution is 2.30. The van der Waals surface area contributed by atoms with Gasteiger partial charge in [0.25, 0.3) is 0 Å². The van der Waals surface area contributed by atoms with Crippen molar-refractivity contribution in [2.45, 2.75) is 38.8 Å². The van der Waals surface area contributed by atoms with Gasteiger partial charge >= 0.3 is 0 Å². The third-order valence-corrected chi connectivity index (χ3v) is 4.82. The first-order chi connectivity index (χ1) is 11.7. The molecule has 2 fully saturated rings. The monoisotopic (exact) mass is 331 g/mol. The van der Waals surface area contributed by atoms with Crippen LogP contribution in [-0.4, -0.2) is 40.8 Å². The van der Waals surface area contributed by atoms with Crippen LogP contribution in [-0.2, 0) is 11.3 Å². The molecule has 2 aromatic rings. The number of aromatic nitrogens is 2. The van der Waals surface area contributed by atoms with Crippen LogP contribution in [0.5, 0.6) is 0 Å². The number of halogens is 1. The van der Waals surface area contributed by atoms with Gasteiger partial charge in [-0.25, -0.2) is 4.39 Å². The summed E-state index contributed by atoms with van der Waals surface area (Å²) in [4.78, 5) is 6.88. The van der Waals surface area contributed by atoms with Gasteiger partial charge in [-0.2, -0.15) is 4.98 Å². The summed E-state index contributed by atoms with van der Waals surface area (Å²) in [5.74, 6) is 1.39. The Kier molecular flexibility index (Phi) is 4.33. The third-order valence-electron chi connectivity index (χ3n) is 4.82. The van der Waals surface area contributed by atoms with Crippen LogP contribution in [0.1, 0.15) is 30.7 Å². The molecular formula is C18H22FN3O2. The van der Waals surface area contributed by atoms with Gasteiger partial charge in [0.2, 0.25) is 11.7 Å². The van der Waals surface area contributed by atoms with Crippen molar-refractivity contribution in [1.82, 2.24) is 15.0 Å². The van der Waals surface area contributed by atoms with Gasteiger partial charge in [0.15, 0.2) is 0 Å². The molecule has 0 amide bonds. The lowest BCUT2D eigenvalue weighted by molar-refractivity contribution is 0.153. The molecule has 0 bridgehead atoms. The van der Waals surface area contributed by atoms with Crippen molar-refractivity contribution in [1.29, 1.82) is 0 Å². The molecule has 1 saturated carbocycles. The largest absolute Gasteiger partial charge is 0.381 e. The second-order valence-electron chi connectivity index (χ2n) is 6.87. The summed E-state index contributed by atoms with van der Waals surface area (Å²) in [6.07, 6.45) is 3.59. The van der Waals surface area contributed by atoms with Gasteiger partial charge in [0.05, 0.1) is 13.2 Å². The Morgan fingerprint density at radius 3 is 2.88 bits per heavy atom. The molecule has 2 heterocycles. The first-order valence-corrected chi connectivity index (χ1v) is 8.60. The van der Waals surface area contributed by atoms with Crippen LogP contribution < -0.4 is 0 Å². The van der Waals surface area contributed by atoms with E-state index < -0.39 is 0 Å². The first kappa shape index (κ1) is 15.7. The molecule has 1 aliphatic carbocycles. The van der Waals surface area contributed by atoms with E-state index in [1.165, 1.54) is 18.9 Å². The first-order valence-electron chi connectivity index (χ1n) is 8.60. The van der Waals surface area contributed by atoms with Crippen molar-refractivity contribution in [3.63, 3.8) is 0 Å². The molecule has 1 atom stereocenters. The number of nitrogens with zero attached hydrogens (tertiary/aromatic N) is 3. The summed E-state index contributed by atoms with van der Waals surface area (Å²) in [7, 11) is 0. The molecule has 1 saturated heterocycles. The van der Waals surface area contributed by atoms with Crippen LogP contribution >= 0.6 is 0 Å². The molecule has 6 heteroatoms. The average Bonchev–Trinajstić information content (AvgIpc) is 3.10. The maximum atomic E-state index is 13.7.